The average molecular weight is 258 g/mol. The molecule has 1 N–H and O–H groups in total. The van der Waals surface area contributed by atoms with Gasteiger partial charge in [0.05, 0.1) is 0 Å². The molecule has 2 heteroatoms. The third-order valence-corrected chi connectivity index (χ3v) is 3.92. The Bertz CT molecular complexity index is 374. The first-order valence-corrected chi connectivity index (χ1v) is 7.45. The summed E-state index contributed by atoms with van der Waals surface area (Å²) in [6.07, 6.45) is 5.68. The van der Waals surface area contributed by atoms with E-state index in [4.69, 9.17) is 0 Å². The number of nitrogens with one attached hydrogen (secondary N) is 1. The van der Waals surface area contributed by atoms with Crippen LogP contribution in [0, 0.1) is 0 Å². The number of piperazine rings is 1. The van der Waals surface area contributed by atoms with Gasteiger partial charge in [-0.1, -0.05) is 49.8 Å². The maximum absolute atomic E-state index is 3.90. The summed E-state index contributed by atoms with van der Waals surface area (Å²) in [4.78, 5) is 2.58. The minimum absolute atomic E-state index is 0.565. The second kappa shape index (κ2) is 7.46. The van der Waals surface area contributed by atoms with Crippen LogP contribution < -0.4 is 5.32 Å². The van der Waals surface area contributed by atoms with Crippen LogP contribution in [0.15, 0.2) is 43.0 Å². The van der Waals surface area contributed by atoms with Gasteiger partial charge in [0.25, 0.3) is 0 Å². The van der Waals surface area contributed by atoms with Crippen molar-refractivity contribution < 1.29 is 0 Å². The third-order valence-electron chi connectivity index (χ3n) is 3.92. The Kier molecular flexibility index (Phi) is 5.62. The van der Waals surface area contributed by atoms with E-state index >= 15 is 0 Å². The summed E-state index contributed by atoms with van der Waals surface area (Å²) in [5, 5.41) is 3.71. The zero-order valence-electron chi connectivity index (χ0n) is 12.0. The van der Waals surface area contributed by atoms with Crippen LogP contribution in [0.4, 0.5) is 0 Å². The minimum Gasteiger partial charge on any atom is -0.311 e. The summed E-state index contributed by atoms with van der Waals surface area (Å²) in [6, 6.07) is 12.0. The summed E-state index contributed by atoms with van der Waals surface area (Å²) >= 11 is 0. The van der Waals surface area contributed by atoms with E-state index in [2.05, 4.69) is 54.1 Å². The lowest BCUT2D eigenvalue weighted by Crippen LogP contribution is -2.57. The topological polar surface area (TPSA) is 15.3 Å². The number of rotatable bonds is 6. The van der Waals surface area contributed by atoms with Crippen LogP contribution in [0.25, 0.3) is 0 Å². The highest BCUT2D eigenvalue weighted by Gasteiger charge is 2.26. The molecule has 2 nitrogen and oxygen atoms in total. The van der Waals surface area contributed by atoms with E-state index in [1.54, 1.807) is 0 Å². The van der Waals surface area contributed by atoms with Gasteiger partial charge in [-0.05, 0) is 18.4 Å². The highest BCUT2D eigenvalue weighted by atomic mass is 15.2. The predicted molar refractivity (Wildman–Crippen MR) is 82.4 cm³/mol. The van der Waals surface area contributed by atoms with Crippen molar-refractivity contribution >= 4 is 0 Å². The molecule has 1 heterocycles. The van der Waals surface area contributed by atoms with Crippen molar-refractivity contribution in [3.63, 3.8) is 0 Å². The molecule has 104 valence electrons. The molecule has 2 unspecified atom stereocenters. The van der Waals surface area contributed by atoms with Crippen molar-refractivity contribution in [2.45, 2.75) is 38.3 Å². The van der Waals surface area contributed by atoms with E-state index in [0.29, 0.717) is 12.1 Å². The van der Waals surface area contributed by atoms with Crippen LogP contribution in [0.1, 0.15) is 25.3 Å². The summed E-state index contributed by atoms with van der Waals surface area (Å²) in [5.41, 5.74) is 1.42. The fourth-order valence-electron chi connectivity index (χ4n) is 2.97. The van der Waals surface area contributed by atoms with Crippen molar-refractivity contribution in [2.75, 3.05) is 19.6 Å². The second-order valence-corrected chi connectivity index (χ2v) is 5.48. The predicted octanol–water partition coefficient (Wildman–Crippen LogP) is 2.86. The quantitative estimate of drug-likeness (QED) is 0.789. The van der Waals surface area contributed by atoms with E-state index in [0.717, 1.165) is 26.1 Å². The molecule has 1 fully saturated rings. The summed E-state index contributed by atoms with van der Waals surface area (Å²) < 4.78 is 0. The van der Waals surface area contributed by atoms with Crippen LogP contribution in [0.5, 0.6) is 0 Å². The fraction of sp³-hybridized carbons (Fsp3) is 0.529. The number of hydrogen-bond acceptors (Lipinski definition) is 2. The molecule has 1 aliphatic heterocycles. The first kappa shape index (κ1) is 14.3. The Labute approximate surface area is 117 Å². The van der Waals surface area contributed by atoms with Crippen LogP contribution in [0.2, 0.25) is 0 Å². The molecule has 0 aliphatic carbocycles. The lowest BCUT2D eigenvalue weighted by Gasteiger charge is -2.40. The van der Waals surface area contributed by atoms with E-state index < -0.39 is 0 Å². The Balaban J connectivity index is 1.92. The van der Waals surface area contributed by atoms with Gasteiger partial charge in [-0.15, -0.1) is 6.58 Å². The Morgan fingerprint density at radius 2 is 2.16 bits per heavy atom. The first-order chi connectivity index (χ1) is 9.33. The van der Waals surface area contributed by atoms with Gasteiger partial charge in [0.2, 0.25) is 0 Å². The summed E-state index contributed by atoms with van der Waals surface area (Å²) in [6.45, 7) is 9.41. The lowest BCUT2D eigenvalue weighted by molar-refractivity contribution is 0.137. The number of hydrogen-bond donors (Lipinski definition) is 1. The smallest absolute Gasteiger partial charge is 0.0236 e. The van der Waals surface area contributed by atoms with Crippen LogP contribution >= 0.6 is 0 Å². The van der Waals surface area contributed by atoms with Gasteiger partial charge in [0, 0.05) is 31.7 Å². The highest BCUT2D eigenvalue weighted by Crippen LogP contribution is 2.14. The molecule has 0 aromatic heterocycles. The van der Waals surface area contributed by atoms with E-state index in [1.165, 1.54) is 18.4 Å². The standard InChI is InChI=1S/C17H26N2/c1-3-8-17-13-18-16(14-19(17)11-4-2)12-15-9-6-5-7-10-15/h4-7,9-10,16-18H,2-3,8,11-14H2,1H3. The zero-order valence-corrected chi connectivity index (χ0v) is 12.0. The summed E-state index contributed by atoms with van der Waals surface area (Å²) in [5.74, 6) is 0. The Hall–Kier alpha value is -1.12. The molecule has 0 bridgehead atoms. The molecule has 2 rings (SSSR count). The molecule has 19 heavy (non-hydrogen) atoms. The Morgan fingerprint density at radius 3 is 2.84 bits per heavy atom. The molecule has 1 aromatic rings. The lowest BCUT2D eigenvalue weighted by atomic mass is 9.99. The van der Waals surface area contributed by atoms with Crippen molar-refractivity contribution in [3.05, 3.63) is 48.6 Å². The van der Waals surface area contributed by atoms with Gasteiger partial charge in [-0.2, -0.15) is 0 Å². The SMILES string of the molecule is C=CCN1CC(Cc2ccccc2)NCC1CCC. The molecule has 1 saturated heterocycles. The van der Waals surface area contributed by atoms with Gasteiger partial charge < -0.3 is 5.32 Å². The van der Waals surface area contributed by atoms with Crippen LogP contribution in [-0.4, -0.2) is 36.6 Å². The van der Waals surface area contributed by atoms with E-state index in [1.807, 2.05) is 6.08 Å². The molecule has 0 saturated carbocycles. The van der Waals surface area contributed by atoms with Gasteiger partial charge in [-0.25, -0.2) is 0 Å². The largest absolute Gasteiger partial charge is 0.311 e. The van der Waals surface area contributed by atoms with Gasteiger partial charge in [-0.3, -0.25) is 4.90 Å². The van der Waals surface area contributed by atoms with Crippen LogP contribution in [-0.2, 0) is 6.42 Å². The van der Waals surface area contributed by atoms with Gasteiger partial charge in [0.15, 0.2) is 0 Å². The number of nitrogens with zero attached hydrogens (tertiary/aromatic N) is 1. The van der Waals surface area contributed by atoms with Crippen molar-refractivity contribution in [1.29, 1.82) is 0 Å². The molecule has 0 radical (unpaired) electrons. The van der Waals surface area contributed by atoms with E-state index in [-0.39, 0.29) is 0 Å². The molecular formula is C17H26N2. The van der Waals surface area contributed by atoms with Gasteiger partial charge in [0.1, 0.15) is 0 Å². The third kappa shape index (κ3) is 4.19. The molecule has 2 atom stereocenters. The van der Waals surface area contributed by atoms with Crippen molar-refractivity contribution in [3.8, 4) is 0 Å². The zero-order chi connectivity index (χ0) is 13.5. The normalized spacial score (nSPS) is 24.3. The first-order valence-electron chi connectivity index (χ1n) is 7.45. The fourth-order valence-corrected chi connectivity index (χ4v) is 2.97. The van der Waals surface area contributed by atoms with Crippen LogP contribution in [0.3, 0.4) is 0 Å². The van der Waals surface area contributed by atoms with E-state index in [9.17, 15) is 0 Å². The second-order valence-electron chi connectivity index (χ2n) is 5.48. The molecular weight excluding hydrogens is 232 g/mol. The maximum Gasteiger partial charge on any atom is 0.0236 e. The average Bonchev–Trinajstić information content (AvgIpc) is 2.43. The molecule has 0 amide bonds. The van der Waals surface area contributed by atoms with Crippen molar-refractivity contribution in [1.82, 2.24) is 10.2 Å². The highest BCUT2D eigenvalue weighted by molar-refractivity contribution is 5.16. The molecule has 0 spiro atoms. The number of benzene rings is 1. The molecule has 1 aromatic carbocycles. The maximum atomic E-state index is 3.90. The van der Waals surface area contributed by atoms with Crippen molar-refractivity contribution in [2.24, 2.45) is 0 Å². The molecule has 1 aliphatic rings. The summed E-state index contributed by atoms with van der Waals surface area (Å²) in [7, 11) is 0. The van der Waals surface area contributed by atoms with Gasteiger partial charge >= 0.3 is 0 Å². The minimum atomic E-state index is 0.565. The monoisotopic (exact) mass is 258 g/mol. The Morgan fingerprint density at radius 1 is 1.37 bits per heavy atom.